The van der Waals surface area contributed by atoms with E-state index in [0.29, 0.717) is 5.92 Å². The van der Waals surface area contributed by atoms with Gasteiger partial charge >= 0.3 is 0 Å². The number of aliphatic hydroxyl groups is 1. The number of hydrogen-bond donors (Lipinski definition) is 3. The molecule has 1 aliphatic rings. The second-order valence-electron chi connectivity index (χ2n) is 4.42. The van der Waals surface area contributed by atoms with Crippen molar-refractivity contribution in [3.8, 4) is 5.75 Å². The third-order valence-electron chi connectivity index (χ3n) is 3.36. The van der Waals surface area contributed by atoms with Crippen LogP contribution in [0.2, 0.25) is 5.02 Å². The molecule has 2 atom stereocenters. The summed E-state index contributed by atoms with van der Waals surface area (Å²) in [6.07, 6.45) is 2.74. The lowest BCUT2D eigenvalue weighted by Crippen LogP contribution is -2.36. The number of hydrogen-bond acceptors (Lipinski definition) is 3. The number of nitrogens with two attached hydrogens (primary N) is 1. The Hall–Kier alpha value is -0.770. The molecule has 1 saturated carbocycles. The van der Waals surface area contributed by atoms with Crippen molar-refractivity contribution in [3.05, 3.63) is 28.8 Å². The molecule has 1 aromatic carbocycles. The lowest BCUT2D eigenvalue weighted by atomic mass is 9.77. The summed E-state index contributed by atoms with van der Waals surface area (Å²) in [7, 11) is 0. The van der Waals surface area contributed by atoms with Crippen molar-refractivity contribution in [1.29, 1.82) is 0 Å². The van der Waals surface area contributed by atoms with E-state index in [1.165, 1.54) is 12.5 Å². The second-order valence-corrected chi connectivity index (χ2v) is 4.83. The van der Waals surface area contributed by atoms with Crippen LogP contribution in [0.25, 0.3) is 0 Å². The third-order valence-corrected chi connectivity index (χ3v) is 3.66. The van der Waals surface area contributed by atoms with E-state index in [2.05, 4.69) is 0 Å². The van der Waals surface area contributed by atoms with Gasteiger partial charge in [-0.2, -0.15) is 0 Å². The van der Waals surface area contributed by atoms with Crippen LogP contribution in [0.15, 0.2) is 18.2 Å². The van der Waals surface area contributed by atoms with Gasteiger partial charge in [-0.15, -0.1) is 0 Å². The molecule has 0 spiro atoms. The Bertz CT molecular complexity index is 379. The molecule has 4 heteroatoms. The number of halogens is 1. The summed E-state index contributed by atoms with van der Waals surface area (Å²) < 4.78 is 0. The largest absolute Gasteiger partial charge is 0.506 e. The molecule has 0 amide bonds. The van der Waals surface area contributed by atoms with E-state index < -0.39 is 12.1 Å². The molecule has 4 N–H and O–H groups in total. The van der Waals surface area contributed by atoms with Crippen molar-refractivity contribution < 1.29 is 10.2 Å². The van der Waals surface area contributed by atoms with Crippen LogP contribution in [0.1, 0.15) is 30.9 Å². The van der Waals surface area contributed by atoms with Crippen LogP contribution >= 0.6 is 11.6 Å². The summed E-state index contributed by atoms with van der Waals surface area (Å²) in [4.78, 5) is 0. The highest BCUT2D eigenvalue weighted by atomic mass is 35.5. The van der Waals surface area contributed by atoms with Gasteiger partial charge in [-0.1, -0.05) is 24.1 Å². The SMILES string of the molecule is N[C@H](c1ccc(O)c(Cl)c1)[C@@H](O)C1CCC1. The zero-order valence-corrected chi connectivity index (χ0v) is 9.69. The maximum atomic E-state index is 10.0. The maximum Gasteiger partial charge on any atom is 0.134 e. The average Bonchev–Trinajstić information content (AvgIpc) is 2.18. The lowest BCUT2D eigenvalue weighted by molar-refractivity contribution is 0.0413. The molecule has 0 unspecified atom stereocenters. The average molecular weight is 242 g/mol. The number of phenols is 1. The summed E-state index contributed by atoms with van der Waals surface area (Å²) in [6, 6.07) is 4.39. The van der Waals surface area contributed by atoms with E-state index in [-0.39, 0.29) is 10.8 Å². The van der Waals surface area contributed by atoms with E-state index in [1.54, 1.807) is 12.1 Å². The van der Waals surface area contributed by atoms with Crippen LogP contribution in [0, 0.1) is 5.92 Å². The predicted octanol–water partition coefficient (Wildman–Crippen LogP) is 2.21. The molecular weight excluding hydrogens is 226 g/mol. The Morgan fingerprint density at radius 1 is 1.38 bits per heavy atom. The van der Waals surface area contributed by atoms with Gasteiger partial charge in [0.2, 0.25) is 0 Å². The Morgan fingerprint density at radius 2 is 2.06 bits per heavy atom. The molecule has 2 rings (SSSR count). The first-order chi connectivity index (χ1) is 7.59. The monoisotopic (exact) mass is 241 g/mol. The Morgan fingerprint density at radius 3 is 2.56 bits per heavy atom. The lowest BCUT2D eigenvalue weighted by Gasteiger charge is -2.33. The molecule has 1 fully saturated rings. The minimum Gasteiger partial charge on any atom is -0.506 e. The van der Waals surface area contributed by atoms with Crippen LogP contribution in [0.4, 0.5) is 0 Å². The topological polar surface area (TPSA) is 66.5 Å². The van der Waals surface area contributed by atoms with Crippen molar-refractivity contribution in [2.75, 3.05) is 0 Å². The summed E-state index contributed by atoms with van der Waals surface area (Å²) >= 11 is 5.80. The van der Waals surface area contributed by atoms with E-state index in [0.717, 1.165) is 18.4 Å². The molecule has 0 heterocycles. The van der Waals surface area contributed by atoms with Crippen LogP contribution in [0.5, 0.6) is 5.75 Å². The van der Waals surface area contributed by atoms with E-state index >= 15 is 0 Å². The van der Waals surface area contributed by atoms with Gasteiger partial charge in [-0.25, -0.2) is 0 Å². The normalized spacial score (nSPS) is 20.2. The van der Waals surface area contributed by atoms with Crippen molar-refractivity contribution in [2.45, 2.75) is 31.4 Å². The van der Waals surface area contributed by atoms with Crippen LogP contribution in [0.3, 0.4) is 0 Å². The van der Waals surface area contributed by atoms with E-state index in [1.807, 2.05) is 0 Å². The van der Waals surface area contributed by atoms with E-state index in [4.69, 9.17) is 17.3 Å². The van der Waals surface area contributed by atoms with Gasteiger partial charge in [-0.05, 0) is 36.5 Å². The highest BCUT2D eigenvalue weighted by Crippen LogP contribution is 2.35. The number of rotatable bonds is 3. The number of aromatic hydroxyl groups is 1. The fourth-order valence-electron chi connectivity index (χ4n) is 2.00. The zero-order valence-electron chi connectivity index (χ0n) is 8.94. The van der Waals surface area contributed by atoms with Crippen LogP contribution in [-0.2, 0) is 0 Å². The smallest absolute Gasteiger partial charge is 0.134 e. The molecule has 16 heavy (non-hydrogen) atoms. The quantitative estimate of drug-likeness (QED) is 0.760. The molecule has 0 aliphatic heterocycles. The molecule has 1 aliphatic carbocycles. The first-order valence-electron chi connectivity index (χ1n) is 5.51. The van der Waals surface area contributed by atoms with Gasteiger partial charge in [0.25, 0.3) is 0 Å². The molecule has 3 nitrogen and oxygen atoms in total. The second kappa shape index (κ2) is 4.62. The van der Waals surface area contributed by atoms with Gasteiger partial charge in [0.15, 0.2) is 0 Å². The summed E-state index contributed by atoms with van der Waals surface area (Å²) in [5, 5.41) is 19.6. The molecule has 0 aromatic heterocycles. The van der Waals surface area contributed by atoms with Crippen LogP contribution < -0.4 is 5.73 Å². The van der Waals surface area contributed by atoms with Crippen LogP contribution in [-0.4, -0.2) is 16.3 Å². The summed E-state index contributed by atoms with van der Waals surface area (Å²) in [5.74, 6) is 0.346. The Kier molecular flexibility index (Phi) is 3.38. The number of aliphatic hydroxyl groups excluding tert-OH is 1. The number of phenolic OH excluding ortho intramolecular Hbond substituents is 1. The minimum absolute atomic E-state index is 0.0377. The zero-order chi connectivity index (χ0) is 11.7. The van der Waals surface area contributed by atoms with Gasteiger partial charge in [0.1, 0.15) is 5.75 Å². The molecule has 0 bridgehead atoms. The summed E-state index contributed by atoms with van der Waals surface area (Å²) in [6.45, 7) is 0. The van der Waals surface area contributed by atoms with Gasteiger partial charge < -0.3 is 15.9 Å². The first-order valence-corrected chi connectivity index (χ1v) is 5.89. The molecule has 0 saturated heterocycles. The maximum absolute atomic E-state index is 10.0. The highest BCUT2D eigenvalue weighted by molar-refractivity contribution is 6.32. The van der Waals surface area contributed by atoms with Crippen molar-refractivity contribution in [2.24, 2.45) is 11.7 Å². The van der Waals surface area contributed by atoms with Gasteiger partial charge in [0, 0.05) is 0 Å². The first kappa shape index (κ1) is 11.7. The minimum atomic E-state index is -0.519. The highest BCUT2D eigenvalue weighted by Gasteiger charge is 2.30. The van der Waals surface area contributed by atoms with Gasteiger partial charge in [0.05, 0.1) is 17.2 Å². The van der Waals surface area contributed by atoms with E-state index in [9.17, 15) is 10.2 Å². The predicted molar refractivity (Wildman–Crippen MR) is 63.4 cm³/mol. The molecule has 1 aromatic rings. The Balaban J connectivity index is 2.12. The molecule has 88 valence electrons. The molecular formula is C12H16ClNO2. The number of benzene rings is 1. The van der Waals surface area contributed by atoms with Crippen molar-refractivity contribution in [3.63, 3.8) is 0 Å². The Labute approximate surface area is 99.8 Å². The molecule has 0 radical (unpaired) electrons. The standard InChI is InChI=1S/C12H16ClNO2/c13-9-6-8(4-5-10(9)15)11(14)12(16)7-2-1-3-7/h4-7,11-12,15-16H,1-3,14H2/t11-,12+/m1/s1. The van der Waals surface area contributed by atoms with Crippen molar-refractivity contribution >= 4 is 11.6 Å². The van der Waals surface area contributed by atoms with Gasteiger partial charge in [-0.3, -0.25) is 0 Å². The fraction of sp³-hybridized carbons (Fsp3) is 0.500. The van der Waals surface area contributed by atoms with Crippen molar-refractivity contribution in [1.82, 2.24) is 0 Å². The summed E-state index contributed by atoms with van der Waals surface area (Å²) in [5.41, 5.74) is 6.74. The fourth-order valence-corrected chi connectivity index (χ4v) is 2.19. The third kappa shape index (κ3) is 2.17.